The number of nitrogens with one attached hydrogen (secondary N) is 1. The molecule has 1 aliphatic rings. The Morgan fingerprint density at radius 2 is 1.86 bits per heavy atom. The number of aryl methyl sites for hydroxylation is 1. The van der Waals surface area contributed by atoms with Crippen LogP contribution in [0, 0.1) is 6.92 Å². The predicted octanol–water partition coefficient (Wildman–Crippen LogP) is 3.32. The van der Waals surface area contributed by atoms with Crippen molar-refractivity contribution < 1.29 is 24.2 Å². The van der Waals surface area contributed by atoms with Crippen molar-refractivity contribution >= 4 is 11.9 Å². The highest BCUT2D eigenvalue weighted by atomic mass is 16.5. The number of carboxylic acid groups (broad SMARTS) is 1. The largest absolute Gasteiger partial charge is 0.490 e. The molecule has 1 fully saturated rings. The smallest absolute Gasteiger partial charge is 0.341 e. The van der Waals surface area contributed by atoms with Crippen LogP contribution >= 0.6 is 0 Å². The second-order valence-electron chi connectivity index (χ2n) is 7.05. The van der Waals surface area contributed by atoms with E-state index in [9.17, 15) is 9.59 Å². The topological polar surface area (TPSA) is 84.9 Å². The summed E-state index contributed by atoms with van der Waals surface area (Å²) in [6.45, 7) is 4.40. The first-order valence-corrected chi connectivity index (χ1v) is 9.41. The highest BCUT2D eigenvalue weighted by Gasteiger charge is 2.45. The second kappa shape index (κ2) is 8.33. The molecule has 2 aromatic carbocycles. The fourth-order valence-corrected chi connectivity index (χ4v) is 3.39. The molecule has 3 rings (SSSR count). The predicted molar refractivity (Wildman–Crippen MR) is 105 cm³/mol. The van der Waals surface area contributed by atoms with Gasteiger partial charge in [0.25, 0.3) is 5.91 Å². The summed E-state index contributed by atoms with van der Waals surface area (Å²) in [5.41, 5.74) is 3.01. The van der Waals surface area contributed by atoms with Gasteiger partial charge < -0.3 is 19.9 Å². The van der Waals surface area contributed by atoms with E-state index in [4.69, 9.17) is 14.6 Å². The van der Waals surface area contributed by atoms with E-state index >= 15 is 0 Å². The van der Waals surface area contributed by atoms with Crippen molar-refractivity contribution in [1.82, 2.24) is 5.32 Å². The molecular weight excluding hydrogens is 358 g/mol. The third-order valence-corrected chi connectivity index (χ3v) is 5.01. The zero-order chi connectivity index (χ0) is 20.1. The lowest BCUT2D eigenvalue weighted by molar-refractivity contribution is -0.139. The molecule has 0 radical (unpaired) electrons. The average Bonchev–Trinajstić information content (AvgIpc) is 3.46. The summed E-state index contributed by atoms with van der Waals surface area (Å²) in [5, 5.41) is 11.8. The Hall–Kier alpha value is -3.02. The summed E-state index contributed by atoms with van der Waals surface area (Å²) in [4.78, 5) is 23.4. The van der Waals surface area contributed by atoms with E-state index in [0.717, 1.165) is 12.8 Å². The van der Waals surface area contributed by atoms with Gasteiger partial charge in [0.05, 0.1) is 6.61 Å². The highest BCUT2D eigenvalue weighted by molar-refractivity contribution is 5.95. The molecule has 28 heavy (non-hydrogen) atoms. The number of aliphatic carboxylic acids is 1. The number of benzene rings is 2. The molecule has 0 heterocycles. The molecule has 1 aliphatic carbocycles. The van der Waals surface area contributed by atoms with Crippen LogP contribution in [0.3, 0.4) is 0 Å². The third kappa shape index (κ3) is 4.44. The monoisotopic (exact) mass is 383 g/mol. The quantitative estimate of drug-likeness (QED) is 0.694. The van der Waals surface area contributed by atoms with Crippen LogP contribution < -0.4 is 14.8 Å². The maximum atomic E-state index is 12.7. The lowest BCUT2D eigenvalue weighted by atomic mass is 9.92. The van der Waals surface area contributed by atoms with Crippen LogP contribution in [0.2, 0.25) is 0 Å². The van der Waals surface area contributed by atoms with E-state index in [1.807, 2.05) is 19.1 Å². The van der Waals surface area contributed by atoms with E-state index < -0.39 is 12.6 Å². The van der Waals surface area contributed by atoms with Gasteiger partial charge in [-0.05, 0) is 56.0 Å². The molecule has 0 unspecified atom stereocenters. The number of hydrogen-bond donors (Lipinski definition) is 2. The van der Waals surface area contributed by atoms with Crippen LogP contribution in [0.15, 0.2) is 42.5 Å². The van der Waals surface area contributed by atoms with E-state index in [2.05, 4.69) is 24.4 Å². The van der Waals surface area contributed by atoms with Crippen molar-refractivity contribution in [3.05, 3.63) is 59.2 Å². The molecule has 6 heteroatoms. The van der Waals surface area contributed by atoms with Crippen LogP contribution in [0.4, 0.5) is 0 Å². The van der Waals surface area contributed by atoms with Crippen LogP contribution in [-0.4, -0.2) is 36.7 Å². The minimum Gasteiger partial charge on any atom is -0.490 e. The van der Waals surface area contributed by atoms with Gasteiger partial charge in [-0.3, -0.25) is 4.79 Å². The summed E-state index contributed by atoms with van der Waals surface area (Å²) in [6, 6.07) is 13.1. The molecule has 6 nitrogen and oxygen atoms in total. The molecule has 1 amide bonds. The Bertz CT molecular complexity index is 873. The summed E-state index contributed by atoms with van der Waals surface area (Å²) in [5.74, 6) is -0.600. The number of carbonyl (C=O) groups is 2. The fourth-order valence-electron chi connectivity index (χ4n) is 3.39. The van der Waals surface area contributed by atoms with E-state index in [0.29, 0.717) is 30.2 Å². The van der Waals surface area contributed by atoms with Gasteiger partial charge in [0.15, 0.2) is 18.1 Å². The summed E-state index contributed by atoms with van der Waals surface area (Å²) in [7, 11) is 0. The van der Waals surface area contributed by atoms with E-state index in [-0.39, 0.29) is 11.3 Å². The van der Waals surface area contributed by atoms with Gasteiger partial charge in [0.2, 0.25) is 0 Å². The van der Waals surface area contributed by atoms with Crippen LogP contribution in [0.5, 0.6) is 11.5 Å². The normalized spacial score (nSPS) is 14.2. The van der Waals surface area contributed by atoms with E-state index in [1.165, 1.54) is 11.1 Å². The number of ether oxygens (including phenoxy) is 2. The van der Waals surface area contributed by atoms with Gasteiger partial charge >= 0.3 is 5.97 Å². The molecule has 0 bridgehead atoms. The Labute approximate surface area is 164 Å². The zero-order valence-electron chi connectivity index (χ0n) is 16.2. The molecule has 0 atom stereocenters. The van der Waals surface area contributed by atoms with Crippen LogP contribution in [0.25, 0.3) is 0 Å². The molecule has 0 aromatic heterocycles. The second-order valence-corrected chi connectivity index (χ2v) is 7.05. The first-order valence-electron chi connectivity index (χ1n) is 9.41. The van der Waals surface area contributed by atoms with Crippen molar-refractivity contribution in [2.24, 2.45) is 0 Å². The number of hydrogen-bond acceptors (Lipinski definition) is 4. The van der Waals surface area contributed by atoms with Gasteiger partial charge in [0.1, 0.15) is 0 Å². The number of amides is 1. The molecule has 0 saturated heterocycles. The summed E-state index contributed by atoms with van der Waals surface area (Å²) >= 11 is 0. The maximum Gasteiger partial charge on any atom is 0.341 e. The molecule has 2 aromatic rings. The zero-order valence-corrected chi connectivity index (χ0v) is 16.2. The molecule has 0 spiro atoms. The number of carboxylic acids is 1. The van der Waals surface area contributed by atoms with Gasteiger partial charge in [0, 0.05) is 17.5 Å². The third-order valence-electron chi connectivity index (χ3n) is 5.01. The minimum absolute atomic E-state index is 0.0221. The lowest BCUT2D eigenvalue weighted by Crippen LogP contribution is -2.32. The molecule has 0 aliphatic heterocycles. The highest BCUT2D eigenvalue weighted by Crippen LogP contribution is 2.48. The average molecular weight is 383 g/mol. The van der Waals surface area contributed by atoms with Gasteiger partial charge in [-0.25, -0.2) is 4.79 Å². The first kappa shape index (κ1) is 19.7. The number of carbonyl (C=O) groups excluding carboxylic acids is 1. The fraction of sp³-hybridized carbons (Fsp3) is 0.364. The van der Waals surface area contributed by atoms with Gasteiger partial charge in [-0.15, -0.1) is 0 Å². The summed E-state index contributed by atoms with van der Waals surface area (Å²) < 4.78 is 10.7. The maximum absolute atomic E-state index is 12.7. The van der Waals surface area contributed by atoms with Crippen molar-refractivity contribution in [3.8, 4) is 11.5 Å². The minimum atomic E-state index is -1.07. The Morgan fingerprint density at radius 3 is 2.50 bits per heavy atom. The molecular formula is C22H25NO5. The molecule has 2 N–H and O–H groups in total. The Kier molecular flexibility index (Phi) is 5.87. The van der Waals surface area contributed by atoms with Crippen LogP contribution in [0.1, 0.15) is 41.3 Å². The summed E-state index contributed by atoms with van der Waals surface area (Å²) in [6.07, 6.45) is 2.12. The first-order chi connectivity index (χ1) is 13.4. The van der Waals surface area contributed by atoms with Gasteiger partial charge in [-0.1, -0.05) is 24.3 Å². The van der Waals surface area contributed by atoms with Crippen LogP contribution in [-0.2, 0) is 10.2 Å². The number of rotatable bonds is 9. The Balaban J connectivity index is 1.69. The van der Waals surface area contributed by atoms with Crippen molar-refractivity contribution in [2.75, 3.05) is 19.8 Å². The Morgan fingerprint density at radius 1 is 1.11 bits per heavy atom. The van der Waals surface area contributed by atoms with E-state index in [1.54, 1.807) is 18.2 Å². The molecule has 148 valence electrons. The van der Waals surface area contributed by atoms with Crippen molar-refractivity contribution in [2.45, 2.75) is 32.1 Å². The SMILES string of the molecule is CCOc1cc(C(=O)NCC2(c3ccccc3C)CC2)ccc1OCC(=O)O. The standard InChI is InChI=1S/C22H25NO5/c1-3-27-19-12-16(8-9-18(19)28-13-20(24)25)21(26)23-14-22(10-11-22)17-7-5-4-6-15(17)2/h4-9,12H,3,10-11,13-14H2,1-2H3,(H,23,26)(H,24,25). The molecule has 1 saturated carbocycles. The van der Waals surface area contributed by atoms with Gasteiger partial charge in [-0.2, -0.15) is 0 Å². The van der Waals surface area contributed by atoms with Crippen molar-refractivity contribution in [3.63, 3.8) is 0 Å². The van der Waals surface area contributed by atoms with Crippen molar-refractivity contribution in [1.29, 1.82) is 0 Å². The lowest BCUT2D eigenvalue weighted by Gasteiger charge is -2.19.